The fourth-order valence-corrected chi connectivity index (χ4v) is 1.66. The summed E-state index contributed by atoms with van der Waals surface area (Å²) in [6.45, 7) is 0. The quantitative estimate of drug-likeness (QED) is 0.748. The minimum Gasteiger partial charge on any atom is -0.291 e. The zero-order valence-corrected chi connectivity index (χ0v) is 8.12. The highest BCUT2D eigenvalue weighted by Crippen LogP contribution is 2.07. The molecule has 0 aliphatic rings. The van der Waals surface area contributed by atoms with Gasteiger partial charge < -0.3 is 0 Å². The molecule has 0 amide bonds. The van der Waals surface area contributed by atoms with Crippen LogP contribution in [-0.4, -0.2) is 19.3 Å². The first kappa shape index (κ1) is 10.9. The van der Waals surface area contributed by atoms with Crippen LogP contribution in [0.25, 0.3) is 0 Å². The second-order valence-electron chi connectivity index (χ2n) is 2.86. The molecule has 0 unspecified atom stereocenters. The Morgan fingerprint density at radius 1 is 1.14 bits per heavy atom. The van der Waals surface area contributed by atoms with Crippen LogP contribution in [0, 0.1) is 0 Å². The zero-order chi connectivity index (χ0) is 10.6. The summed E-state index contributed by atoms with van der Waals surface area (Å²) in [5.41, 5.74) is 1.25. The Kier molecular flexibility index (Phi) is 3.38. The largest absolute Gasteiger partial charge is 0.291 e. The maximum absolute atomic E-state index is 10.5. The molecule has 4 nitrogen and oxygen atoms in total. The first-order valence-corrected chi connectivity index (χ1v) is 5.50. The SMILES string of the molecule is O=[C]Cc1ccc(CS(=O)(=O)O)cc1. The van der Waals surface area contributed by atoms with Gasteiger partial charge in [0.2, 0.25) is 6.29 Å². The van der Waals surface area contributed by atoms with Gasteiger partial charge in [-0.15, -0.1) is 0 Å². The molecule has 0 aliphatic carbocycles. The summed E-state index contributed by atoms with van der Waals surface area (Å²) in [5, 5.41) is 0. The summed E-state index contributed by atoms with van der Waals surface area (Å²) in [5.74, 6) is -0.405. The lowest BCUT2D eigenvalue weighted by molar-refractivity contribution is 0.482. The highest BCUT2D eigenvalue weighted by molar-refractivity contribution is 7.85. The van der Waals surface area contributed by atoms with Crippen LogP contribution in [0.4, 0.5) is 0 Å². The van der Waals surface area contributed by atoms with E-state index in [1.807, 2.05) is 0 Å². The molecule has 0 saturated carbocycles. The molecule has 0 spiro atoms. The van der Waals surface area contributed by atoms with Crippen LogP contribution in [-0.2, 0) is 27.1 Å². The predicted octanol–water partition coefficient (Wildman–Crippen LogP) is 0.727. The van der Waals surface area contributed by atoms with Gasteiger partial charge in [-0.3, -0.25) is 9.35 Å². The molecule has 5 heteroatoms. The number of hydrogen-bond acceptors (Lipinski definition) is 3. The van der Waals surface area contributed by atoms with Gasteiger partial charge in [-0.2, -0.15) is 8.42 Å². The second kappa shape index (κ2) is 4.34. The van der Waals surface area contributed by atoms with Crippen molar-refractivity contribution in [3.63, 3.8) is 0 Å². The van der Waals surface area contributed by atoms with E-state index >= 15 is 0 Å². The Morgan fingerprint density at radius 2 is 1.64 bits per heavy atom. The second-order valence-corrected chi connectivity index (χ2v) is 4.32. The molecule has 1 aromatic carbocycles. The maximum Gasteiger partial charge on any atom is 0.269 e. The molecule has 1 N–H and O–H groups in total. The van der Waals surface area contributed by atoms with E-state index in [9.17, 15) is 13.2 Å². The molecule has 75 valence electrons. The van der Waals surface area contributed by atoms with Crippen molar-refractivity contribution in [3.05, 3.63) is 35.4 Å². The van der Waals surface area contributed by atoms with Crippen molar-refractivity contribution < 1.29 is 17.8 Å². The minimum absolute atomic E-state index is 0.187. The third kappa shape index (κ3) is 3.68. The van der Waals surface area contributed by atoms with Gasteiger partial charge in [-0.25, -0.2) is 0 Å². The molecule has 0 aromatic heterocycles. The van der Waals surface area contributed by atoms with Crippen molar-refractivity contribution >= 4 is 16.4 Å². The van der Waals surface area contributed by atoms with Crippen LogP contribution in [0.5, 0.6) is 0 Å². The summed E-state index contributed by atoms with van der Waals surface area (Å²) in [4.78, 5) is 10.0. The monoisotopic (exact) mass is 213 g/mol. The van der Waals surface area contributed by atoms with E-state index in [-0.39, 0.29) is 6.42 Å². The van der Waals surface area contributed by atoms with Crippen LogP contribution in [0.2, 0.25) is 0 Å². The van der Waals surface area contributed by atoms with Gasteiger partial charge in [-0.1, -0.05) is 24.3 Å². The van der Waals surface area contributed by atoms with Gasteiger partial charge in [0.15, 0.2) is 0 Å². The standard InChI is InChI=1S/C9H9O4S/c10-6-5-8-1-3-9(4-2-8)7-14(11,12)13/h1-4H,5,7H2,(H,11,12,13). The van der Waals surface area contributed by atoms with Crippen LogP contribution in [0.15, 0.2) is 24.3 Å². The Morgan fingerprint density at radius 3 is 2.07 bits per heavy atom. The maximum atomic E-state index is 10.5. The van der Waals surface area contributed by atoms with Crippen molar-refractivity contribution in [2.45, 2.75) is 12.2 Å². The lowest BCUT2D eigenvalue weighted by atomic mass is 10.1. The Labute approximate surface area is 82.3 Å². The third-order valence-corrected chi connectivity index (χ3v) is 2.35. The topological polar surface area (TPSA) is 71.4 Å². The third-order valence-electron chi connectivity index (χ3n) is 1.65. The fourth-order valence-electron chi connectivity index (χ4n) is 1.05. The van der Waals surface area contributed by atoms with Crippen molar-refractivity contribution in [1.82, 2.24) is 0 Å². The van der Waals surface area contributed by atoms with Gasteiger partial charge in [0, 0.05) is 6.42 Å². The van der Waals surface area contributed by atoms with Crippen molar-refractivity contribution in [2.24, 2.45) is 0 Å². The first-order valence-electron chi connectivity index (χ1n) is 3.89. The van der Waals surface area contributed by atoms with Gasteiger partial charge >= 0.3 is 0 Å². The predicted molar refractivity (Wildman–Crippen MR) is 51.1 cm³/mol. The summed E-state index contributed by atoms with van der Waals surface area (Å²) in [6, 6.07) is 6.37. The summed E-state index contributed by atoms with van der Waals surface area (Å²) in [7, 11) is -3.98. The fraction of sp³-hybridized carbons (Fsp3) is 0.222. The summed E-state index contributed by atoms with van der Waals surface area (Å²) in [6.07, 6.45) is 1.92. The molecule has 0 atom stereocenters. The van der Waals surface area contributed by atoms with Crippen molar-refractivity contribution in [2.75, 3.05) is 0 Å². The molecule has 1 rings (SSSR count). The van der Waals surface area contributed by atoms with Gasteiger partial charge in [-0.05, 0) is 11.1 Å². The van der Waals surface area contributed by atoms with Crippen LogP contribution >= 0.6 is 0 Å². The molecular weight excluding hydrogens is 204 g/mol. The average molecular weight is 213 g/mol. The molecule has 14 heavy (non-hydrogen) atoms. The Bertz CT molecular complexity index is 405. The van der Waals surface area contributed by atoms with Gasteiger partial charge in [0.05, 0.1) is 0 Å². The van der Waals surface area contributed by atoms with Gasteiger partial charge in [0.25, 0.3) is 10.1 Å². The smallest absolute Gasteiger partial charge is 0.269 e. The number of carbonyl (C=O) groups excluding carboxylic acids is 1. The lowest BCUT2D eigenvalue weighted by Crippen LogP contribution is -2.01. The first-order chi connectivity index (χ1) is 6.51. The van der Waals surface area contributed by atoms with E-state index in [0.29, 0.717) is 5.56 Å². The lowest BCUT2D eigenvalue weighted by Gasteiger charge is -1.99. The molecular formula is C9H9O4S. The van der Waals surface area contributed by atoms with E-state index in [0.717, 1.165) is 5.56 Å². The molecule has 0 fully saturated rings. The van der Waals surface area contributed by atoms with E-state index in [1.165, 1.54) is 0 Å². The molecule has 0 bridgehead atoms. The van der Waals surface area contributed by atoms with E-state index in [2.05, 4.69) is 0 Å². The average Bonchev–Trinajstić information content (AvgIpc) is 2.06. The highest BCUT2D eigenvalue weighted by Gasteiger charge is 2.05. The Balaban J connectivity index is 2.78. The molecule has 0 aliphatic heterocycles. The highest BCUT2D eigenvalue weighted by atomic mass is 32.2. The Hall–Kier alpha value is -1.20. The van der Waals surface area contributed by atoms with Crippen LogP contribution in [0.1, 0.15) is 11.1 Å². The molecule has 1 aromatic rings. The van der Waals surface area contributed by atoms with E-state index in [1.54, 1.807) is 30.6 Å². The number of benzene rings is 1. The van der Waals surface area contributed by atoms with Crippen molar-refractivity contribution in [3.8, 4) is 0 Å². The van der Waals surface area contributed by atoms with Crippen LogP contribution in [0.3, 0.4) is 0 Å². The van der Waals surface area contributed by atoms with Crippen LogP contribution < -0.4 is 0 Å². The summed E-state index contributed by atoms with van der Waals surface area (Å²) < 4.78 is 29.6. The number of hydrogen-bond donors (Lipinski definition) is 1. The minimum atomic E-state index is -3.98. The zero-order valence-electron chi connectivity index (χ0n) is 7.30. The van der Waals surface area contributed by atoms with E-state index < -0.39 is 15.9 Å². The van der Waals surface area contributed by atoms with E-state index in [4.69, 9.17) is 4.55 Å². The number of rotatable bonds is 4. The normalized spacial score (nSPS) is 11.2. The van der Waals surface area contributed by atoms with Gasteiger partial charge in [0.1, 0.15) is 5.75 Å². The molecule has 0 saturated heterocycles. The molecule has 0 heterocycles. The molecule has 1 radical (unpaired) electrons. The summed E-state index contributed by atoms with van der Waals surface area (Å²) >= 11 is 0. The van der Waals surface area contributed by atoms with Crippen molar-refractivity contribution in [1.29, 1.82) is 0 Å².